The lowest BCUT2D eigenvalue weighted by atomic mass is 10.1. The van der Waals surface area contributed by atoms with E-state index < -0.39 is 0 Å². The number of nitrogens with one attached hydrogen (secondary N) is 2. The van der Waals surface area contributed by atoms with Gasteiger partial charge in [-0.2, -0.15) is 0 Å². The molecule has 2 aromatic rings. The first-order valence-electron chi connectivity index (χ1n) is 5.97. The van der Waals surface area contributed by atoms with Crippen LogP contribution in [0.1, 0.15) is 25.0 Å². The van der Waals surface area contributed by atoms with Crippen molar-refractivity contribution >= 4 is 34.9 Å². The number of halogens is 1. The summed E-state index contributed by atoms with van der Waals surface area (Å²) in [4.78, 5) is 3.33. The molecule has 1 heterocycles. The first kappa shape index (κ1) is 14.5. The Hall–Kier alpha value is -0.550. The van der Waals surface area contributed by atoms with E-state index >= 15 is 0 Å². The van der Waals surface area contributed by atoms with Gasteiger partial charge in [0.2, 0.25) is 0 Å². The average Bonchev–Trinajstić information content (AvgIpc) is 2.60. The first-order valence-corrected chi connectivity index (χ1v) is 5.97. The summed E-state index contributed by atoms with van der Waals surface area (Å²) in [5, 5.41) is 4.82. The second kappa shape index (κ2) is 6.40. The van der Waals surface area contributed by atoms with Crippen LogP contribution in [0.15, 0.2) is 24.4 Å². The van der Waals surface area contributed by atoms with E-state index in [1.165, 1.54) is 22.0 Å². The number of rotatable bonds is 4. The number of aryl methyl sites for hydroxylation is 1. The monoisotopic (exact) mass is 344 g/mol. The van der Waals surface area contributed by atoms with E-state index in [1.807, 2.05) is 0 Å². The molecule has 0 fully saturated rings. The highest BCUT2D eigenvalue weighted by molar-refractivity contribution is 14.0. The van der Waals surface area contributed by atoms with Gasteiger partial charge in [-0.25, -0.2) is 0 Å². The van der Waals surface area contributed by atoms with Gasteiger partial charge in [0.1, 0.15) is 0 Å². The Morgan fingerprint density at radius 2 is 2.06 bits per heavy atom. The van der Waals surface area contributed by atoms with Crippen LogP contribution in [0, 0.1) is 6.92 Å². The zero-order valence-corrected chi connectivity index (χ0v) is 13.0. The Morgan fingerprint density at radius 1 is 1.29 bits per heavy atom. The Balaban J connectivity index is 0.00000144. The number of aromatic amines is 1. The molecule has 0 saturated heterocycles. The largest absolute Gasteiger partial charge is 0.361 e. The number of fused-ring (bicyclic) bond motifs is 1. The van der Waals surface area contributed by atoms with Crippen LogP contribution < -0.4 is 5.32 Å². The number of hydrogen-bond donors (Lipinski definition) is 2. The van der Waals surface area contributed by atoms with Crippen molar-refractivity contribution in [3.63, 3.8) is 0 Å². The van der Waals surface area contributed by atoms with Gasteiger partial charge in [-0.3, -0.25) is 0 Å². The van der Waals surface area contributed by atoms with Crippen LogP contribution in [0.3, 0.4) is 0 Å². The summed E-state index contributed by atoms with van der Waals surface area (Å²) in [6.07, 6.45) is 3.22. The highest BCUT2D eigenvalue weighted by Crippen LogP contribution is 2.19. The van der Waals surface area contributed by atoms with Gasteiger partial charge in [-0.1, -0.05) is 25.5 Å². The van der Waals surface area contributed by atoms with E-state index in [-0.39, 0.29) is 24.0 Å². The molecule has 2 N–H and O–H groups in total. The molecule has 0 spiro atoms. The summed E-state index contributed by atoms with van der Waals surface area (Å²) in [7, 11) is 0. The number of benzene rings is 1. The molecule has 0 aliphatic carbocycles. The van der Waals surface area contributed by atoms with Gasteiger partial charge < -0.3 is 10.3 Å². The molecular formula is C14H21IN2. The quantitative estimate of drug-likeness (QED) is 0.815. The lowest BCUT2D eigenvalue weighted by Crippen LogP contribution is -2.24. The Kier molecular flexibility index (Phi) is 5.46. The van der Waals surface area contributed by atoms with Gasteiger partial charge in [0.15, 0.2) is 0 Å². The average molecular weight is 344 g/mol. The van der Waals surface area contributed by atoms with E-state index in [2.05, 4.69) is 55.5 Å². The summed E-state index contributed by atoms with van der Waals surface area (Å²) in [5.74, 6) is 0. The molecule has 0 saturated carbocycles. The Bertz CT molecular complexity index is 474. The second-order valence-corrected chi connectivity index (χ2v) is 4.72. The third-order valence-electron chi connectivity index (χ3n) is 2.87. The molecule has 0 aliphatic rings. The molecular weight excluding hydrogens is 323 g/mol. The SMILES string of the molecule is Cc1ccc2[nH]cc(CCNC(C)C)c2c1.I. The predicted octanol–water partition coefficient (Wildman–Crippen LogP) is 3.63. The summed E-state index contributed by atoms with van der Waals surface area (Å²) in [6, 6.07) is 7.13. The van der Waals surface area contributed by atoms with E-state index in [0.717, 1.165) is 13.0 Å². The zero-order valence-electron chi connectivity index (χ0n) is 10.7. The van der Waals surface area contributed by atoms with Crippen LogP contribution >= 0.6 is 24.0 Å². The van der Waals surface area contributed by atoms with Gasteiger partial charge in [0, 0.05) is 23.1 Å². The van der Waals surface area contributed by atoms with E-state index in [9.17, 15) is 0 Å². The third kappa shape index (κ3) is 3.71. The summed E-state index contributed by atoms with van der Waals surface area (Å²) < 4.78 is 0. The molecule has 0 unspecified atom stereocenters. The molecule has 1 aromatic carbocycles. The number of H-pyrrole nitrogens is 1. The highest BCUT2D eigenvalue weighted by Gasteiger charge is 2.03. The van der Waals surface area contributed by atoms with Crippen molar-refractivity contribution in [3.05, 3.63) is 35.5 Å². The standard InChI is InChI=1S/C14H20N2.HI/c1-10(2)15-7-6-12-9-16-14-5-4-11(3)8-13(12)14;/h4-5,8-10,15-16H,6-7H2,1-3H3;1H. The van der Waals surface area contributed by atoms with Gasteiger partial charge in [0.25, 0.3) is 0 Å². The molecule has 3 heteroatoms. The van der Waals surface area contributed by atoms with Crippen LogP contribution in [-0.2, 0) is 6.42 Å². The highest BCUT2D eigenvalue weighted by atomic mass is 127. The summed E-state index contributed by atoms with van der Waals surface area (Å²) in [5.41, 5.74) is 3.97. The van der Waals surface area contributed by atoms with Crippen molar-refractivity contribution in [1.82, 2.24) is 10.3 Å². The topological polar surface area (TPSA) is 27.8 Å². The summed E-state index contributed by atoms with van der Waals surface area (Å²) >= 11 is 0. The fourth-order valence-electron chi connectivity index (χ4n) is 1.99. The van der Waals surface area contributed by atoms with Crippen LogP contribution in [0.2, 0.25) is 0 Å². The molecule has 0 aliphatic heterocycles. The Labute approximate surface area is 120 Å². The van der Waals surface area contributed by atoms with Gasteiger partial charge in [-0.15, -0.1) is 24.0 Å². The molecule has 94 valence electrons. The maximum absolute atomic E-state index is 3.45. The van der Waals surface area contributed by atoms with Gasteiger partial charge >= 0.3 is 0 Å². The van der Waals surface area contributed by atoms with Crippen LogP contribution in [0.25, 0.3) is 10.9 Å². The fourth-order valence-corrected chi connectivity index (χ4v) is 1.99. The van der Waals surface area contributed by atoms with Crippen molar-refractivity contribution < 1.29 is 0 Å². The molecule has 2 rings (SSSR count). The third-order valence-corrected chi connectivity index (χ3v) is 2.87. The van der Waals surface area contributed by atoms with E-state index in [0.29, 0.717) is 6.04 Å². The maximum atomic E-state index is 3.45. The number of aromatic nitrogens is 1. The van der Waals surface area contributed by atoms with E-state index in [1.54, 1.807) is 0 Å². The van der Waals surface area contributed by atoms with Gasteiger partial charge in [0.05, 0.1) is 0 Å². The summed E-state index contributed by atoms with van der Waals surface area (Å²) in [6.45, 7) is 7.54. The van der Waals surface area contributed by atoms with Crippen molar-refractivity contribution in [2.24, 2.45) is 0 Å². The molecule has 2 nitrogen and oxygen atoms in total. The minimum Gasteiger partial charge on any atom is -0.361 e. The van der Waals surface area contributed by atoms with Crippen LogP contribution in [0.4, 0.5) is 0 Å². The second-order valence-electron chi connectivity index (χ2n) is 4.72. The number of hydrogen-bond acceptors (Lipinski definition) is 1. The molecule has 0 bridgehead atoms. The Morgan fingerprint density at radius 3 is 2.76 bits per heavy atom. The molecule has 0 atom stereocenters. The lowest BCUT2D eigenvalue weighted by molar-refractivity contribution is 0.591. The minimum absolute atomic E-state index is 0. The van der Waals surface area contributed by atoms with E-state index in [4.69, 9.17) is 0 Å². The smallest absolute Gasteiger partial charge is 0.0456 e. The molecule has 17 heavy (non-hydrogen) atoms. The van der Waals surface area contributed by atoms with Crippen molar-refractivity contribution in [2.45, 2.75) is 33.2 Å². The zero-order chi connectivity index (χ0) is 11.5. The molecule has 0 radical (unpaired) electrons. The van der Waals surface area contributed by atoms with Crippen LogP contribution in [0.5, 0.6) is 0 Å². The van der Waals surface area contributed by atoms with Crippen LogP contribution in [-0.4, -0.2) is 17.6 Å². The van der Waals surface area contributed by atoms with Gasteiger partial charge in [-0.05, 0) is 37.6 Å². The van der Waals surface area contributed by atoms with Crippen molar-refractivity contribution in [1.29, 1.82) is 0 Å². The molecule has 0 amide bonds. The van der Waals surface area contributed by atoms with Crippen molar-refractivity contribution in [3.8, 4) is 0 Å². The van der Waals surface area contributed by atoms with Crippen molar-refractivity contribution in [2.75, 3.05) is 6.54 Å². The first-order chi connectivity index (χ1) is 7.66. The fraction of sp³-hybridized carbons (Fsp3) is 0.429. The predicted molar refractivity (Wildman–Crippen MR) is 85.3 cm³/mol. The normalized spacial score (nSPS) is 10.8. The maximum Gasteiger partial charge on any atom is 0.0456 e. The minimum atomic E-state index is 0. The molecule has 1 aromatic heterocycles. The lowest BCUT2D eigenvalue weighted by Gasteiger charge is -2.07.